The van der Waals surface area contributed by atoms with Gasteiger partial charge >= 0.3 is 8.56 Å². The average Bonchev–Trinajstić information content (AvgIpc) is 2.51. The van der Waals surface area contributed by atoms with E-state index in [0.29, 0.717) is 12.1 Å². The molecule has 0 unspecified atom stereocenters. The summed E-state index contributed by atoms with van der Waals surface area (Å²) < 4.78 is 10.8. The lowest BCUT2D eigenvalue weighted by Crippen LogP contribution is -2.37. The highest BCUT2D eigenvalue weighted by Crippen LogP contribution is 2.14. The van der Waals surface area contributed by atoms with Gasteiger partial charge in [0.15, 0.2) is 0 Å². The van der Waals surface area contributed by atoms with Crippen LogP contribution in [0.5, 0.6) is 0 Å². The zero-order valence-corrected chi connectivity index (χ0v) is 14.6. The zero-order chi connectivity index (χ0) is 15.9. The number of carbonyl (C=O) groups excluding carboxylic acids is 1. The Hall–Kier alpha value is -1.37. The van der Waals surface area contributed by atoms with Crippen LogP contribution >= 0.6 is 0 Å². The third-order valence-corrected chi connectivity index (χ3v) is 6.59. The van der Waals surface area contributed by atoms with Gasteiger partial charge in [0.05, 0.1) is 0 Å². The van der Waals surface area contributed by atoms with Crippen LogP contribution in [0.4, 0.5) is 5.69 Å². The second-order valence-electron chi connectivity index (χ2n) is 5.34. The van der Waals surface area contributed by atoms with E-state index in [1.807, 2.05) is 49.8 Å². The van der Waals surface area contributed by atoms with Crippen molar-refractivity contribution >= 4 is 20.2 Å². The van der Waals surface area contributed by atoms with Gasteiger partial charge in [0.2, 0.25) is 0 Å². The fourth-order valence-corrected chi connectivity index (χ4v) is 3.31. The minimum Gasteiger partial charge on any atom is -0.398 e. The Labute approximate surface area is 128 Å². The molecule has 0 aromatic heterocycles. The largest absolute Gasteiger partial charge is 0.398 e. The van der Waals surface area contributed by atoms with Gasteiger partial charge in [-0.05, 0) is 43.3 Å². The van der Waals surface area contributed by atoms with Crippen molar-refractivity contribution in [2.75, 3.05) is 39.8 Å². The van der Waals surface area contributed by atoms with Crippen molar-refractivity contribution in [3.05, 3.63) is 29.8 Å². The van der Waals surface area contributed by atoms with Crippen molar-refractivity contribution in [3.63, 3.8) is 0 Å². The molecule has 0 heterocycles. The molecular weight excluding hydrogens is 284 g/mol. The second kappa shape index (κ2) is 8.16. The molecule has 1 amide bonds. The first-order valence-electron chi connectivity index (χ1n) is 7.08. The fourth-order valence-electron chi connectivity index (χ4n) is 1.91. The van der Waals surface area contributed by atoms with Crippen molar-refractivity contribution < 1.29 is 13.6 Å². The Balaban J connectivity index is 2.40. The molecule has 6 heteroatoms. The van der Waals surface area contributed by atoms with Crippen molar-refractivity contribution in [1.82, 2.24) is 5.32 Å². The summed E-state index contributed by atoms with van der Waals surface area (Å²) in [7, 11) is 5.28. The van der Waals surface area contributed by atoms with E-state index < -0.39 is 8.56 Å². The highest BCUT2D eigenvalue weighted by molar-refractivity contribution is 6.65. The Morgan fingerprint density at radius 1 is 1.19 bits per heavy atom. The standard InChI is InChI=1S/C15H26N2O3Si/c1-17(2)14-9-7-13(8-10-14)15(18)16-11-6-12-21(5,19-3)20-4/h7-10H,6,11-12H2,1-5H3,(H,16,18). The zero-order valence-electron chi connectivity index (χ0n) is 13.6. The minimum atomic E-state index is -2.03. The maximum absolute atomic E-state index is 12.0. The normalized spacial score (nSPS) is 11.3. The highest BCUT2D eigenvalue weighted by atomic mass is 28.4. The average molecular weight is 310 g/mol. The van der Waals surface area contributed by atoms with Gasteiger partial charge in [0.25, 0.3) is 5.91 Å². The van der Waals surface area contributed by atoms with Gasteiger partial charge in [-0.1, -0.05) is 0 Å². The molecule has 0 atom stereocenters. The van der Waals surface area contributed by atoms with Gasteiger partial charge < -0.3 is 19.1 Å². The lowest BCUT2D eigenvalue weighted by molar-refractivity contribution is 0.0953. The molecule has 21 heavy (non-hydrogen) atoms. The van der Waals surface area contributed by atoms with Gasteiger partial charge in [-0.25, -0.2) is 0 Å². The van der Waals surface area contributed by atoms with Gasteiger partial charge in [-0.3, -0.25) is 4.79 Å². The third kappa shape index (κ3) is 5.49. The van der Waals surface area contributed by atoms with E-state index in [1.54, 1.807) is 14.2 Å². The van der Waals surface area contributed by atoms with Crippen molar-refractivity contribution in [2.24, 2.45) is 0 Å². The summed E-state index contributed by atoms with van der Waals surface area (Å²) in [5, 5.41) is 2.93. The molecule has 5 nitrogen and oxygen atoms in total. The van der Waals surface area contributed by atoms with Crippen molar-refractivity contribution in [3.8, 4) is 0 Å². The number of anilines is 1. The van der Waals surface area contributed by atoms with Crippen molar-refractivity contribution in [2.45, 2.75) is 19.0 Å². The number of benzene rings is 1. The highest BCUT2D eigenvalue weighted by Gasteiger charge is 2.27. The van der Waals surface area contributed by atoms with Crippen LogP contribution in [0.15, 0.2) is 24.3 Å². The van der Waals surface area contributed by atoms with Crippen LogP contribution < -0.4 is 10.2 Å². The number of hydrogen-bond acceptors (Lipinski definition) is 4. The first kappa shape index (κ1) is 17.7. The molecule has 0 aliphatic rings. The Kier molecular flexibility index (Phi) is 6.87. The van der Waals surface area contributed by atoms with Crippen LogP contribution in [-0.2, 0) is 8.85 Å². The monoisotopic (exact) mass is 310 g/mol. The number of amides is 1. The van der Waals surface area contributed by atoms with Crippen LogP contribution in [-0.4, -0.2) is 49.3 Å². The summed E-state index contributed by atoms with van der Waals surface area (Å²) >= 11 is 0. The molecule has 0 bridgehead atoms. The van der Waals surface area contributed by atoms with Crippen molar-refractivity contribution in [1.29, 1.82) is 0 Å². The lowest BCUT2D eigenvalue weighted by atomic mass is 10.2. The smallest absolute Gasteiger partial charge is 0.334 e. The number of nitrogens with one attached hydrogen (secondary N) is 1. The molecule has 1 rings (SSSR count). The Morgan fingerprint density at radius 3 is 2.24 bits per heavy atom. The van der Waals surface area contributed by atoms with Crippen LogP contribution in [0.3, 0.4) is 0 Å². The molecule has 0 aliphatic carbocycles. The van der Waals surface area contributed by atoms with Crippen LogP contribution in [0, 0.1) is 0 Å². The molecule has 0 radical (unpaired) electrons. The van der Waals surface area contributed by atoms with Gasteiger partial charge in [0.1, 0.15) is 0 Å². The fraction of sp³-hybridized carbons (Fsp3) is 0.533. The molecule has 1 aromatic rings. The van der Waals surface area contributed by atoms with E-state index in [-0.39, 0.29) is 5.91 Å². The molecule has 118 valence electrons. The Morgan fingerprint density at radius 2 is 1.76 bits per heavy atom. The summed E-state index contributed by atoms with van der Waals surface area (Å²) in [5.41, 5.74) is 1.76. The van der Waals surface area contributed by atoms with E-state index in [2.05, 4.69) is 5.32 Å². The van der Waals surface area contributed by atoms with Gasteiger partial charge in [-0.15, -0.1) is 0 Å². The SMILES string of the molecule is CO[Si](C)(CCCNC(=O)c1ccc(N(C)C)cc1)OC. The number of rotatable bonds is 8. The predicted molar refractivity (Wildman–Crippen MR) is 88.2 cm³/mol. The maximum atomic E-state index is 12.0. The minimum absolute atomic E-state index is 0.0430. The summed E-state index contributed by atoms with van der Waals surface area (Å²) in [5.74, 6) is -0.0430. The molecule has 0 saturated heterocycles. The molecular formula is C15H26N2O3Si. The molecule has 1 N–H and O–H groups in total. The molecule has 0 saturated carbocycles. The first-order valence-corrected chi connectivity index (χ1v) is 9.60. The topological polar surface area (TPSA) is 50.8 Å². The van der Waals surface area contributed by atoms with E-state index in [9.17, 15) is 4.79 Å². The number of nitrogens with zero attached hydrogens (tertiary/aromatic N) is 1. The van der Waals surface area contributed by atoms with Gasteiger partial charge in [-0.2, -0.15) is 0 Å². The lowest BCUT2D eigenvalue weighted by Gasteiger charge is -2.22. The number of hydrogen-bond donors (Lipinski definition) is 1. The maximum Gasteiger partial charge on any atom is 0.334 e. The molecule has 0 spiro atoms. The van der Waals surface area contributed by atoms with Crippen LogP contribution in [0.25, 0.3) is 0 Å². The molecule has 0 fully saturated rings. The predicted octanol–water partition coefficient (Wildman–Crippen LogP) is 2.24. The van der Waals surface area contributed by atoms with Gasteiger partial charge in [0, 0.05) is 46.1 Å². The third-order valence-electron chi connectivity index (χ3n) is 3.60. The summed E-state index contributed by atoms with van der Waals surface area (Å²) in [4.78, 5) is 14.0. The summed E-state index contributed by atoms with van der Waals surface area (Å²) in [6, 6.07) is 8.42. The molecule has 0 aliphatic heterocycles. The first-order chi connectivity index (χ1) is 9.91. The quantitative estimate of drug-likeness (QED) is 0.591. The van der Waals surface area contributed by atoms with E-state index in [1.165, 1.54) is 0 Å². The summed E-state index contributed by atoms with van der Waals surface area (Å²) in [6.45, 7) is 2.65. The number of carbonyl (C=O) groups is 1. The van der Waals surface area contributed by atoms with E-state index >= 15 is 0 Å². The van der Waals surface area contributed by atoms with Crippen LogP contribution in [0.1, 0.15) is 16.8 Å². The summed E-state index contributed by atoms with van der Waals surface area (Å²) in [6.07, 6.45) is 0.853. The van der Waals surface area contributed by atoms with Crippen LogP contribution in [0.2, 0.25) is 12.6 Å². The van der Waals surface area contributed by atoms with E-state index in [0.717, 1.165) is 18.2 Å². The second-order valence-corrected chi connectivity index (χ2v) is 8.93. The Bertz CT molecular complexity index is 445. The van der Waals surface area contributed by atoms with E-state index in [4.69, 9.17) is 8.85 Å². The molecule has 1 aromatic carbocycles.